The molecule has 0 aromatic heterocycles. The van der Waals surface area contributed by atoms with Crippen LogP contribution in [0.15, 0.2) is 22.7 Å². The monoisotopic (exact) mass is 362 g/mol. The van der Waals surface area contributed by atoms with Gasteiger partial charge in [-0.2, -0.15) is 13.2 Å². The first-order valence-electron chi connectivity index (χ1n) is 7.30. The first-order valence-corrected chi connectivity index (χ1v) is 8.09. The normalized spacial score (nSPS) is 24.0. The molecular formula is C15H18BrF3N2. The maximum absolute atomic E-state index is 12.9. The fourth-order valence-corrected chi connectivity index (χ4v) is 3.41. The van der Waals surface area contributed by atoms with Gasteiger partial charge < -0.3 is 10.2 Å². The van der Waals surface area contributed by atoms with Gasteiger partial charge in [-0.15, -0.1) is 0 Å². The van der Waals surface area contributed by atoms with E-state index >= 15 is 0 Å². The summed E-state index contributed by atoms with van der Waals surface area (Å²) in [6, 6.07) is 4.29. The smallest absolute Gasteiger partial charge is 0.369 e. The number of halogens is 4. The van der Waals surface area contributed by atoms with Crippen LogP contribution in [0, 0.1) is 5.92 Å². The van der Waals surface area contributed by atoms with E-state index in [4.69, 9.17) is 0 Å². The van der Waals surface area contributed by atoms with Crippen molar-refractivity contribution < 1.29 is 13.2 Å². The maximum Gasteiger partial charge on any atom is 0.416 e. The Morgan fingerprint density at radius 1 is 1.24 bits per heavy atom. The molecule has 0 radical (unpaired) electrons. The summed E-state index contributed by atoms with van der Waals surface area (Å²) in [7, 11) is 0. The highest BCUT2D eigenvalue weighted by molar-refractivity contribution is 9.10. The van der Waals surface area contributed by atoms with Crippen LogP contribution >= 0.6 is 15.9 Å². The highest BCUT2D eigenvalue weighted by Crippen LogP contribution is 2.38. The minimum absolute atomic E-state index is 0.397. The third-order valence-electron chi connectivity index (χ3n) is 4.23. The van der Waals surface area contributed by atoms with E-state index in [2.05, 4.69) is 26.1 Å². The molecule has 1 saturated carbocycles. The van der Waals surface area contributed by atoms with Gasteiger partial charge in [0, 0.05) is 23.6 Å². The molecule has 1 saturated heterocycles. The molecule has 1 aromatic carbocycles. The average molecular weight is 363 g/mol. The Labute approximate surface area is 130 Å². The second-order valence-corrected chi connectivity index (χ2v) is 6.72. The molecule has 1 aliphatic heterocycles. The van der Waals surface area contributed by atoms with E-state index in [1.165, 1.54) is 25.0 Å². The number of hydrogen-bond donors (Lipinski definition) is 1. The number of alkyl halides is 3. The molecule has 1 unspecified atom stereocenters. The molecule has 0 amide bonds. The van der Waals surface area contributed by atoms with Gasteiger partial charge in [0.2, 0.25) is 0 Å². The van der Waals surface area contributed by atoms with Crippen LogP contribution in [0.2, 0.25) is 0 Å². The van der Waals surface area contributed by atoms with E-state index in [1.54, 1.807) is 0 Å². The largest absolute Gasteiger partial charge is 0.416 e. The minimum atomic E-state index is -4.30. The summed E-state index contributed by atoms with van der Waals surface area (Å²) in [6.07, 6.45) is -0.883. The van der Waals surface area contributed by atoms with Crippen molar-refractivity contribution in [3.05, 3.63) is 28.2 Å². The number of hydrogen-bond acceptors (Lipinski definition) is 2. The zero-order chi connectivity index (χ0) is 15.0. The Hall–Kier alpha value is -0.750. The van der Waals surface area contributed by atoms with Crippen LogP contribution < -0.4 is 10.2 Å². The number of rotatable bonds is 2. The average Bonchev–Trinajstić information content (AvgIpc) is 3.24. The molecule has 1 atom stereocenters. The molecule has 2 nitrogen and oxygen atoms in total. The standard InChI is InChI=1S/C15H18BrF3N2/c16-12-5-4-11(15(17,18)19)8-14(12)21-7-1-6-20-13(9-21)10-2-3-10/h4-5,8,10,13,20H,1-3,6-7,9H2. The van der Waals surface area contributed by atoms with Gasteiger partial charge in [0.25, 0.3) is 0 Å². The lowest BCUT2D eigenvalue weighted by Gasteiger charge is -2.28. The Morgan fingerprint density at radius 3 is 2.67 bits per heavy atom. The van der Waals surface area contributed by atoms with Crippen LogP contribution in [0.5, 0.6) is 0 Å². The Morgan fingerprint density at radius 2 is 2.00 bits per heavy atom. The lowest BCUT2D eigenvalue weighted by atomic mass is 10.1. The summed E-state index contributed by atoms with van der Waals surface area (Å²) in [4.78, 5) is 2.09. The molecule has 3 rings (SSSR count). The zero-order valence-electron chi connectivity index (χ0n) is 11.6. The zero-order valence-corrected chi connectivity index (χ0v) is 13.2. The summed E-state index contributed by atoms with van der Waals surface area (Å²) in [5.41, 5.74) is 0.0695. The first kappa shape index (κ1) is 15.2. The molecule has 116 valence electrons. The van der Waals surface area contributed by atoms with Crippen molar-refractivity contribution in [1.29, 1.82) is 0 Å². The third-order valence-corrected chi connectivity index (χ3v) is 4.90. The third kappa shape index (κ3) is 3.54. The van der Waals surface area contributed by atoms with Gasteiger partial charge in [0.15, 0.2) is 0 Å². The molecule has 6 heteroatoms. The number of anilines is 1. The second kappa shape index (κ2) is 5.80. The summed E-state index contributed by atoms with van der Waals surface area (Å²) in [5, 5.41) is 3.53. The highest BCUT2D eigenvalue weighted by atomic mass is 79.9. The Bertz CT molecular complexity index is 514. The molecule has 2 aliphatic rings. The summed E-state index contributed by atoms with van der Waals surface area (Å²) < 4.78 is 39.5. The number of nitrogens with zero attached hydrogens (tertiary/aromatic N) is 1. The van der Waals surface area contributed by atoms with E-state index in [1.807, 2.05) is 0 Å². The van der Waals surface area contributed by atoms with Crippen molar-refractivity contribution >= 4 is 21.6 Å². The molecule has 1 aliphatic carbocycles. The fraction of sp³-hybridized carbons (Fsp3) is 0.600. The molecule has 1 aromatic rings. The van der Waals surface area contributed by atoms with Crippen molar-refractivity contribution in [3.8, 4) is 0 Å². The fourth-order valence-electron chi connectivity index (χ4n) is 2.92. The second-order valence-electron chi connectivity index (χ2n) is 5.86. The van der Waals surface area contributed by atoms with Crippen LogP contribution in [0.1, 0.15) is 24.8 Å². The van der Waals surface area contributed by atoms with Gasteiger partial charge in [-0.05, 0) is 65.9 Å². The van der Waals surface area contributed by atoms with Gasteiger partial charge in [-0.3, -0.25) is 0 Å². The predicted molar refractivity (Wildman–Crippen MR) is 80.5 cm³/mol. The molecular weight excluding hydrogens is 345 g/mol. The molecule has 2 fully saturated rings. The number of benzene rings is 1. The van der Waals surface area contributed by atoms with Crippen LogP contribution in [0.3, 0.4) is 0 Å². The predicted octanol–water partition coefficient (Wildman–Crippen LogP) is 4.05. The van der Waals surface area contributed by atoms with Crippen LogP contribution in [-0.2, 0) is 6.18 Å². The quantitative estimate of drug-likeness (QED) is 0.853. The van der Waals surface area contributed by atoms with Gasteiger partial charge in [0.1, 0.15) is 0 Å². The van der Waals surface area contributed by atoms with E-state index < -0.39 is 11.7 Å². The van der Waals surface area contributed by atoms with Crippen molar-refractivity contribution in [3.63, 3.8) is 0 Å². The first-order chi connectivity index (χ1) is 9.95. The SMILES string of the molecule is FC(F)(F)c1ccc(Br)c(N2CCCNC(C3CC3)C2)c1. The minimum Gasteiger partial charge on any atom is -0.369 e. The van der Waals surface area contributed by atoms with Gasteiger partial charge in [-0.1, -0.05) is 0 Å². The Kier molecular flexibility index (Phi) is 4.19. The van der Waals surface area contributed by atoms with Crippen molar-refractivity contribution in [2.45, 2.75) is 31.5 Å². The highest BCUT2D eigenvalue weighted by Gasteiger charge is 2.35. The van der Waals surface area contributed by atoms with E-state index in [0.717, 1.165) is 36.6 Å². The van der Waals surface area contributed by atoms with Crippen molar-refractivity contribution in [2.75, 3.05) is 24.5 Å². The molecule has 0 bridgehead atoms. The maximum atomic E-state index is 12.9. The van der Waals surface area contributed by atoms with E-state index in [0.29, 0.717) is 17.6 Å². The van der Waals surface area contributed by atoms with E-state index in [9.17, 15) is 13.2 Å². The molecule has 21 heavy (non-hydrogen) atoms. The van der Waals surface area contributed by atoms with Crippen LogP contribution in [0.25, 0.3) is 0 Å². The number of nitrogens with one attached hydrogen (secondary N) is 1. The van der Waals surface area contributed by atoms with Gasteiger partial charge in [0.05, 0.1) is 11.3 Å². The summed E-state index contributed by atoms with van der Waals surface area (Å²) >= 11 is 3.40. The van der Waals surface area contributed by atoms with Crippen LogP contribution in [-0.4, -0.2) is 25.7 Å². The molecule has 1 N–H and O–H groups in total. The Balaban J connectivity index is 1.86. The lowest BCUT2D eigenvalue weighted by Crippen LogP contribution is -2.39. The van der Waals surface area contributed by atoms with Crippen molar-refractivity contribution in [1.82, 2.24) is 5.32 Å². The molecule has 0 spiro atoms. The van der Waals surface area contributed by atoms with E-state index in [-0.39, 0.29) is 0 Å². The van der Waals surface area contributed by atoms with Gasteiger partial charge >= 0.3 is 6.18 Å². The topological polar surface area (TPSA) is 15.3 Å². The van der Waals surface area contributed by atoms with Crippen LogP contribution in [0.4, 0.5) is 18.9 Å². The van der Waals surface area contributed by atoms with Crippen molar-refractivity contribution in [2.24, 2.45) is 5.92 Å². The lowest BCUT2D eigenvalue weighted by molar-refractivity contribution is -0.137. The summed E-state index contributed by atoms with van der Waals surface area (Å²) in [5.74, 6) is 0.690. The summed E-state index contributed by atoms with van der Waals surface area (Å²) in [6.45, 7) is 2.51. The van der Waals surface area contributed by atoms with Gasteiger partial charge in [-0.25, -0.2) is 0 Å². The molecule has 1 heterocycles.